The molecule has 0 unspecified atom stereocenters. The van der Waals surface area contributed by atoms with Crippen molar-refractivity contribution in [2.75, 3.05) is 44.8 Å². The van der Waals surface area contributed by atoms with Crippen LogP contribution in [0.3, 0.4) is 0 Å². The van der Waals surface area contributed by atoms with Gasteiger partial charge in [0, 0.05) is 38.8 Å². The monoisotopic (exact) mass is 641 g/mol. The number of hydrogen-bond acceptors (Lipinski definition) is 9. The number of carbonyl (C=O) groups is 2. The molecule has 12 nitrogen and oxygen atoms in total. The van der Waals surface area contributed by atoms with Crippen LogP contribution in [0.1, 0.15) is 65.1 Å². The number of halogens is 2. The van der Waals surface area contributed by atoms with Gasteiger partial charge in [-0.3, -0.25) is 14.3 Å². The number of alkyl halides is 2. The number of amides is 2. The van der Waals surface area contributed by atoms with E-state index in [4.69, 9.17) is 24.2 Å². The lowest BCUT2D eigenvalue weighted by Gasteiger charge is -2.35. The third kappa shape index (κ3) is 6.72. The molecule has 2 amide bonds. The smallest absolute Gasteiger partial charge is 0.410 e. The number of rotatable bonds is 7. The molecule has 0 radical (unpaired) electrons. The summed E-state index contributed by atoms with van der Waals surface area (Å²) in [4.78, 5) is 44.8. The van der Waals surface area contributed by atoms with Gasteiger partial charge in [-0.1, -0.05) is 12.1 Å². The van der Waals surface area contributed by atoms with Crippen molar-refractivity contribution in [1.82, 2.24) is 29.3 Å². The number of ether oxygens (including phenoxy) is 3. The molecule has 0 N–H and O–H groups in total. The standard InChI is InChI=1S/C32H41F2N7O5/c1-32(2,3)46-31(43)38(4)24-13-14-40(29(24)42)20-9-11-21(12-10-20)45-26-19-25(36-30(37-26)39-15-17-44-18-16-39)41-23-8-6-5-7-22(23)35-28(41)27(33)34/h5-8,19-21,24,27H,9-18H2,1-4H3/t20?,21?,24-/m0/s1. The fraction of sp³-hybridized carbons (Fsp3) is 0.594. The quantitative estimate of drug-likeness (QED) is 0.361. The Bertz CT molecular complexity index is 1560. The molecule has 3 fully saturated rings. The van der Waals surface area contributed by atoms with Crippen LogP contribution in [0.5, 0.6) is 5.88 Å². The Kier molecular flexibility index (Phi) is 8.99. The van der Waals surface area contributed by atoms with Crippen LogP contribution in [-0.2, 0) is 14.3 Å². The molecule has 2 aliphatic heterocycles. The molecule has 46 heavy (non-hydrogen) atoms. The lowest BCUT2D eigenvalue weighted by molar-refractivity contribution is -0.134. The summed E-state index contributed by atoms with van der Waals surface area (Å²) in [6.07, 6.45) is -0.107. The highest BCUT2D eigenvalue weighted by atomic mass is 19.3. The zero-order chi connectivity index (χ0) is 32.6. The van der Waals surface area contributed by atoms with Crippen molar-refractivity contribution >= 4 is 29.0 Å². The molecule has 1 aromatic carbocycles. The molecule has 1 aliphatic carbocycles. The number of anilines is 1. The minimum Gasteiger partial charge on any atom is -0.474 e. The summed E-state index contributed by atoms with van der Waals surface area (Å²) < 4.78 is 47.2. The van der Waals surface area contributed by atoms with Gasteiger partial charge in [0.15, 0.2) is 5.82 Å². The normalized spacial score (nSPS) is 22.5. The van der Waals surface area contributed by atoms with Crippen LogP contribution in [0.4, 0.5) is 19.5 Å². The Hall–Kier alpha value is -4.07. The molecule has 4 heterocycles. The highest BCUT2D eigenvalue weighted by Crippen LogP contribution is 2.33. The second-order valence-electron chi connectivity index (χ2n) is 13.0. The SMILES string of the molecule is CN(C(=O)OC(C)(C)C)[C@H]1CCN(C2CCC(Oc3cc(-n4c(C(F)F)nc5ccccc54)nc(N4CCOCC4)n3)CC2)C1=O. The van der Waals surface area contributed by atoms with Gasteiger partial charge in [0.05, 0.1) is 24.2 Å². The molecule has 1 atom stereocenters. The summed E-state index contributed by atoms with van der Waals surface area (Å²) in [5.41, 5.74) is 0.318. The Morgan fingerprint density at radius 3 is 2.43 bits per heavy atom. The summed E-state index contributed by atoms with van der Waals surface area (Å²) in [7, 11) is 1.61. The Morgan fingerprint density at radius 1 is 1.02 bits per heavy atom. The van der Waals surface area contributed by atoms with Crippen LogP contribution in [0.2, 0.25) is 0 Å². The topological polar surface area (TPSA) is 115 Å². The van der Waals surface area contributed by atoms with Crippen LogP contribution in [0, 0.1) is 0 Å². The van der Waals surface area contributed by atoms with E-state index in [-0.39, 0.29) is 23.9 Å². The second-order valence-corrected chi connectivity index (χ2v) is 13.0. The molecule has 0 spiro atoms. The van der Waals surface area contributed by atoms with E-state index < -0.39 is 30.0 Å². The molecule has 3 aromatic rings. The lowest BCUT2D eigenvalue weighted by atomic mass is 9.92. The number of para-hydroxylation sites is 2. The number of imidazole rings is 1. The van der Waals surface area contributed by atoms with Crippen molar-refractivity contribution in [3.63, 3.8) is 0 Å². The summed E-state index contributed by atoms with van der Waals surface area (Å²) in [6, 6.07) is 8.06. The van der Waals surface area contributed by atoms with Gasteiger partial charge < -0.3 is 24.0 Å². The van der Waals surface area contributed by atoms with Crippen molar-refractivity contribution in [3.05, 3.63) is 36.2 Å². The number of nitrogens with zero attached hydrogens (tertiary/aromatic N) is 7. The second kappa shape index (κ2) is 13.0. The molecular formula is C32H41F2N7O5. The minimum absolute atomic E-state index is 0.0418. The van der Waals surface area contributed by atoms with E-state index in [0.717, 1.165) is 12.8 Å². The first-order chi connectivity index (χ1) is 22.0. The van der Waals surface area contributed by atoms with Crippen LogP contribution in [-0.4, -0.2) is 105 Å². The number of likely N-dealkylation sites (N-methyl/N-ethyl adjacent to an activating group) is 1. The van der Waals surface area contributed by atoms with E-state index in [2.05, 4.69) is 4.98 Å². The van der Waals surface area contributed by atoms with E-state index in [1.165, 1.54) is 9.47 Å². The van der Waals surface area contributed by atoms with Gasteiger partial charge in [0.25, 0.3) is 6.43 Å². The Morgan fingerprint density at radius 2 is 1.74 bits per heavy atom. The third-order valence-electron chi connectivity index (χ3n) is 8.71. The summed E-state index contributed by atoms with van der Waals surface area (Å²) in [5.74, 6) is 0.474. The summed E-state index contributed by atoms with van der Waals surface area (Å²) in [5, 5.41) is 0. The molecule has 6 rings (SSSR count). The maximum Gasteiger partial charge on any atom is 0.410 e. The fourth-order valence-electron chi connectivity index (χ4n) is 6.43. The fourth-order valence-corrected chi connectivity index (χ4v) is 6.43. The Labute approximate surface area is 266 Å². The van der Waals surface area contributed by atoms with Crippen LogP contribution < -0.4 is 9.64 Å². The Balaban J connectivity index is 1.17. The van der Waals surface area contributed by atoms with Gasteiger partial charge in [-0.2, -0.15) is 9.97 Å². The molecule has 2 saturated heterocycles. The zero-order valence-corrected chi connectivity index (χ0v) is 26.7. The van der Waals surface area contributed by atoms with Crippen LogP contribution in [0.15, 0.2) is 30.3 Å². The third-order valence-corrected chi connectivity index (χ3v) is 8.71. The summed E-state index contributed by atoms with van der Waals surface area (Å²) in [6.45, 7) is 8.12. The van der Waals surface area contributed by atoms with Crippen LogP contribution >= 0.6 is 0 Å². The lowest BCUT2D eigenvalue weighted by Crippen LogP contribution is -2.48. The first-order valence-corrected chi connectivity index (χ1v) is 15.9. The summed E-state index contributed by atoms with van der Waals surface area (Å²) >= 11 is 0. The maximum absolute atomic E-state index is 14.2. The van der Waals surface area contributed by atoms with Crippen molar-refractivity contribution < 1.29 is 32.6 Å². The molecule has 3 aliphatic rings. The van der Waals surface area contributed by atoms with E-state index in [0.29, 0.717) is 75.0 Å². The number of carbonyl (C=O) groups excluding carboxylic acids is 2. The number of benzene rings is 1. The number of aromatic nitrogens is 4. The van der Waals surface area contributed by atoms with Gasteiger partial charge in [-0.15, -0.1) is 0 Å². The largest absolute Gasteiger partial charge is 0.474 e. The molecule has 248 valence electrons. The highest BCUT2D eigenvalue weighted by Gasteiger charge is 2.42. The molecule has 0 bridgehead atoms. The number of hydrogen-bond donors (Lipinski definition) is 0. The molecule has 1 saturated carbocycles. The average molecular weight is 642 g/mol. The number of fused-ring (bicyclic) bond motifs is 1. The predicted octanol–water partition coefficient (Wildman–Crippen LogP) is 4.75. The first-order valence-electron chi connectivity index (χ1n) is 15.9. The predicted molar refractivity (Wildman–Crippen MR) is 165 cm³/mol. The zero-order valence-electron chi connectivity index (χ0n) is 26.7. The van der Waals surface area contributed by atoms with E-state index in [9.17, 15) is 18.4 Å². The van der Waals surface area contributed by atoms with Crippen molar-refractivity contribution in [3.8, 4) is 11.7 Å². The maximum atomic E-state index is 14.2. The van der Waals surface area contributed by atoms with Crippen molar-refractivity contribution in [2.45, 2.75) is 83.1 Å². The van der Waals surface area contributed by atoms with E-state index in [1.807, 2.05) is 9.80 Å². The molecule has 2 aromatic heterocycles. The van der Waals surface area contributed by atoms with Crippen molar-refractivity contribution in [1.29, 1.82) is 0 Å². The highest BCUT2D eigenvalue weighted by molar-refractivity contribution is 5.87. The average Bonchev–Trinajstić information content (AvgIpc) is 3.61. The first kappa shape index (κ1) is 31.9. The molecular weight excluding hydrogens is 600 g/mol. The van der Waals surface area contributed by atoms with E-state index >= 15 is 0 Å². The van der Waals surface area contributed by atoms with Crippen LogP contribution in [0.25, 0.3) is 16.9 Å². The van der Waals surface area contributed by atoms with Gasteiger partial charge in [0.1, 0.15) is 23.6 Å². The van der Waals surface area contributed by atoms with E-state index in [1.54, 1.807) is 58.2 Å². The van der Waals surface area contributed by atoms with Gasteiger partial charge in [0.2, 0.25) is 17.7 Å². The van der Waals surface area contributed by atoms with Gasteiger partial charge >= 0.3 is 6.09 Å². The van der Waals surface area contributed by atoms with Gasteiger partial charge in [-0.25, -0.2) is 18.6 Å². The van der Waals surface area contributed by atoms with Gasteiger partial charge in [-0.05, 0) is 65.0 Å². The van der Waals surface area contributed by atoms with Crippen molar-refractivity contribution in [2.24, 2.45) is 0 Å². The number of likely N-dealkylation sites (tertiary alicyclic amines) is 1. The minimum atomic E-state index is -2.81. The number of morpholine rings is 1. The molecule has 14 heteroatoms.